The fourth-order valence-corrected chi connectivity index (χ4v) is 5.31. The van der Waals surface area contributed by atoms with Crippen molar-refractivity contribution in [1.82, 2.24) is 9.47 Å². The normalized spacial score (nSPS) is 13.4. The van der Waals surface area contributed by atoms with E-state index in [1.807, 2.05) is 78.9 Å². The number of aromatic nitrogens is 1. The minimum atomic E-state index is -0.391. The van der Waals surface area contributed by atoms with E-state index in [0.29, 0.717) is 36.2 Å². The van der Waals surface area contributed by atoms with E-state index in [9.17, 15) is 14.9 Å². The van der Waals surface area contributed by atoms with Crippen molar-refractivity contribution in [2.24, 2.45) is 15.9 Å². The number of anilines is 3. The quantitative estimate of drug-likeness (QED) is 0.180. The van der Waals surface area contributed by atoms with Crippen LogP contribution < -0.4 is 19.9 Å². The van der Waals surface area contributed by atoms with Crippen LogP contribution in [0.15, 0.2) is 58.2 Å². The first-order valence-corrected chi connectivity index (χ1v) is 14.5. The molecule has 2 heterocycles. The zero-order valence-corrected chi connectivity index (χ0v) is 26.8. The van der Waals surface area contributed by atoms with Gasteiger partial charge in [0.05, 0.1) is 47.7 Å². The van der Waals surface area contributed by atoms with Crippen LogP contribution >= 0.6 is 0 Å². The maximum atomic E-state index is 12.2. The minimum Gasteiger partial charge on any atom is -0.494 e. The number of nitro benzene ring substituents is 1. The molecular weight excluding hydrogens is 560 g/mol. The molecule has 0 saturated carbocycles. The zero-order chi connectivity index (χ0) is 32.1. The van der Waals surface area contributed by atoms with Gasteiger partial charge < -0.3 is 34.1 Å². The Labute approximate surface area is 258 Å². The number of aliphatic imine (C=N–C) groups is 2. The van der Waals surface area contributed by atoms with Gasteiger partial charge in [0, 0.05) is 63.5 Å². The lowest BCUT2D eigenvalue weighted by atomic mass is 9.92. The number of hydrogen-bond acceptors (Lipinski definition) is 10. The van der Waals surface area contributed by atoms with Gasteiger partial charge in [-0.2, -0.15) is 0 Å². The lowest BCUT2D eigenvalue weighted by Crippen LogP contribution is -2.29. The van der Waals surface area contributed by atoms with Gasteiger partial charge in [0.25, 0.3) is 5.69 Å². The molecule has 0 aliphatic carbocycles. The summed E-state index contributed by atoms with van der Waals surface area (Å²) in [5.41, 5.74) is 5.32. The summed E-state index contributed by atoms with van der Waals surface area (Å²) in [4.78, 5) is 39.1. The van der Waals surface area contributed by atoms with Gasteiger partial charge in [-0.15, -0.1) is 0 Å². The van der Waals surface area contributed by atoms with E-state index in [4.69, 9.17) is 9.73 Å². The van der Waals surface area contributed by atoms with Crippen molar-refractivity contribution in [3.05, 3.63) is 63.9 Å². The van der Waals surface area contributed by atoms with Crippen molar-refractivity contribution in [3.63, 3.8) is 0 Å². The van der Waals surface area contributed by atoms with Crippen molar-refractivity contribution in [2.75, 3.05) is 77.1 Å². The van der Waals surface area contributed by atoms with E-state index < -0.39 is 4.92 Å². The number of nitrogens with zero attached hydrogens (tertiary/aromatic N) is 7. The molecule has 1 N–H and O–H groups in total. The molecule has 0 spiro atoms. The van der Waals surface area contributed by atoms with E-state index in [-0.39, 0.29) is 18.2 Å². The van der Waals surface area contributed by atoms with Crippen molar-refractivity contribution < 1.29 is 14.5 Å². The number of hydrogen-bond donors (Lipinski definition) is 1. The molecule has 0 saturated heterocycles. The Balaban J connectivity index is 1.84. The Morgan fingerprint density at radius 2 is 1.89 bits per heavy atom. The van der Waals surface area contributed by atoms with E-state index in [1.54, 1.807) is 6.07 Å². The van der Waals surface area contributed by atoms with Crippen LogP contribution in [-0.4, -0.2) is 94.3 Å². The lowest BCUT2D eigenvalue weighted by Gasteiger charge is -2.23. The summed E-state index contributed by atoms with van der Waals surface area (Å²) in [6, 6.07) is 9.20. The maximum Gasteiger partial charge on any atom is 0.294 e. The first kappa shape index (κ1) is 32.2. The summed E-state index contributed by atoms with van der Waals surface area (Å²) < 4.78 is 7.63. The zero-order valence-electron chi connectivity index (χ0n) is 26.8. The average Bonchev–Trinajstić information content (AvgIpc) is 3.20. The lowest BCUT2D eigenvalue weighted by molar-refractivity contribution is -0.384. The maximum absolute atomic E-state index is 12.2. The van der Waals surface area contributed by atoms with E-state index in [0.717, 1.165) is 46.3 Å². The molecule has 3 aromatic rings. The molecule has 1 aliphatic heterocycles. The Bertz CT molecular complexity index is 1630. The predicted octanol–water partition coefficient (Wildman–Crippen LogP) is 4.67. The molecule has 44 heavy (non-hydrogen) atoms. The molecule has 0 amide bonds. The number of ether oxygens (including phenoxy) is 1. The molecule has 2 aromatic carbocycles. The molecule has 234 valence electrons. The van der Waals surface area contributed by atoms with Crippen LogP contribution in [0.4, 0.5) is 22.7 Å². The van der Waals surface area contributed by atoms with Crippen molar-refractivity contribution in [3.8, 4) is 5.75 Å². The van der Waals surface area contributed by atoms with Gasteiger partial charge in [0.2, 0.25) is 5.96 Å². The van der Waals surface area contributed by atoms with Gasteiger partial charge >= 0.3 is 0 Å². The Morgan fingerprint density at radius 3 is 2.50 bits per heavy atom. The number of aldehydes is 1. The topological polar surface area (TPSA) is 121 Å². The van der Waals surface area contributed by atoms with Crippen LogP contribution in [0, 0.1) is 16.0 Å². The number of benzene rings is 2. The number of para-hydroxylation sites is 1. The van der Waals surface area contributed by atoms with Crippen LogP contribution in [0.2, 0.25) is 0 Å². The van der Waals surface area contributed by atoms with Crippen molar-refractivity contribution >= 4 is 51.6 Å². The van der Waals surface area contributed by atoms with Crippen LogP contribution in [0.25, 0.3) is 10.9 Å². The monoisotopic (exact) mass is 602 g/mol. The summed E-state index contributed by atoms with van der Waals surface area (Å²) in [5.74, 6) is 0.868. The highest BCUT2D eigenvalue weighted by atomic mass is 16.6. The standard InChI is InChI=1S/C32H42N8O4/c1-21(2)22-12-13-33-32(34-25-18-28(40(42)43)27(19-29(25)44-8)38(7)15-14-36(3)4)35-30(22)24-20-39(16-17-41)31-23(24)10-9-11-26(31)37(5)6/h9-12,17-21H,13-16H2,1-8H3,(H,33,34). The first-order chi connectivity index (χ1) is 21.0. The highest BCUT2D eigenvalue weighted by Gasteiger charge is 2.25. The van der Waals surface area contributed by atoms with Crippen molar-refractivity contribution in [1.29, 1.82) is 0 Å². The Hall–Kier alpha value is -4.71. The molecule has 0 fully saturated rings. The third kappa shape index (κ3) is 6.75. The molecule has 12 heteroatoms. The van der Waals surface area contributed by atoms with Gasteiger partial charge in [-0.1, -0.05) is 32.1 Å². The van der Waals surface area contributed by atoms with Gasteiger partial charge in [0.1, 0.15) is 17.7 Å². The molecule has 0 radical (unpaired) electrons. The number of guanidine groups is 1. The fraction of sp³-hybridized carbons (Fsp3) is 0.406. The Kier molecular flexibility index (Phi) is 10.0. The Morgan fingerprint density at radius 1 is 1.14 bits per heavy atom. The van der Waals surface area contributed by atoms with Crippen LogP contribution in [0.1, 0.15) is 19.4 Å². The SMILES string of the molecule is COc1cc(N(C)CCN(C)C)c([N+](=O)[O-])cc1NC1=NCC=C(C(C)C)C(c2cn(CC=O)c3c(N(C)C)cccc23)=N1. The molecule has 0 unspecified atom stereocenters. The number of carbonyl (C=O) groups is 1. The van der Waals surface area contributed by atoms with E-state index in [1.165, 1.54) is 13.2 Å². The highest BCUT2D eigenvalue weighted by molar-refractivity contribution is 6.24. The molecule has 1 aromatic heterocycles. The number of rotatable bonds is 12. The van der Waals surface area contributed by atoms with Gasteiger partial charge in [0.15, 0.2) is 0 Å². The summed E-state index contributed by atoms with van der Waals surface area (Å²) in [6.45, 7) is 6.11. The van der Waals surface area contributed by atoms with Gasteiger partial charge in [-0.25, -0.2) is 9.98 Å². The number of methoxy groups -OCH3 is 1. The van der Waals surface area contributed by atoms with Crippen LogP contribution in [0.3, 0.4) is 0 Å². The second kappa shape index (κ2) is 13.7. The highest BCUT2D eigenvalue weighted by Crippen LogP contribution is 2.38. The number of nitrogens with one attached hydrogen (secondary N) is 1. The van der Waals surface area contributed by atoms with Crippen LogP contribution in [-0.2, 0) is 11.3 Å². The number of likely N-dealkylation sites (N-methyl/N-ethyl adjacent to an activating group) is 2. The second-order valence-electron chi connectivity index (χ2n) is 11.5. The summed E-state index contributed by atoms with van der Waals surface area (Å²) in [7, 11) is 11.2. The first-order valence-electron chi connectivity index (χ1n) is 14.5. The smallest absolute Gasteiger partial charge is 0.294 e. The molecular formula is C32H42N8O4. The predicted molar refractivity (Wildman–Crippen MR) is 179 cm³/mol. The molecule has 1 aliphatic rings. The van der Waals surface area contributed by atoms with Crippen molar-refractivity contribution in [2.45, 2.75) is 20.4 Å². The molecule has 12 nitrogen and oxygen atoms in total. The third-order valence-electron chi connectivity index (χ3n) is 7.58. The third-order valence-corrected chi connectivity index (χ3v) is 7.58. The number of nitro groups is 1. The minimum absolute atomic E-state index is 0.0536. The van der Waals surface area contributed by atoms with Gasteiger partial charge in [-0.3, -0.25) is 10.1 Å². The fourth-order valence-electron chi connectivity index (χ4n) is 5.31. The summed E-state index contributed by atoms with van der Waals surface area (Å²) in [6.07, 6.45) is 4.91. The summed E-state index contributed by atoms with van der Waals surface area (Å²) >= 11 is 0. The number of carbonyl (C=O) groups excluding carboxylic acids is 1. The molecule has 0 atom stereocenters. The van der Waals surface area contributed by atoms with Crippen LogP contribution in [0.5, 0.6) is 5.75 Å². The molecule has 0 bridgehead atoms. The van der Waals surface area contributed by atoms with E-state index >= 15 is 0 Å². The number of fused-ring (bicyclic) bond motifs is 1. The largest absolute Gasteiger partial charge is 0.494 e. The molecule has 4 rings (SSSR count). The second-order valence-corrected chi connectivity index (χ2v) is 11.5. The van der Waals surface area contributed by atoms with E-state index in [2.05, 4.69) is 30.2 Å². The number of allylic oxidation sites excluding steroid dienone is 1. The summed E-state index contributed by atoms with van der Waals surface area (Å²) in [5, 5.41) is 16.4. The van der Waals surface area contributed by atoms with Gasteiger partial charge in [-0.05, 0) is 31.7 Å². The average molecular weight is 603 g/mol.